The first-order chi connectivity index (χ1) is 5.20. The molecule has 3 nitrogen and oxygen atoms in total. The lowest BCUT2D eigenvalue weighted by Crippen LogP contribution is -2.16. The van der Waals surface area contributed by atoms with Crippen LogP contribution in [-0.4, -0.2) is 16.3 Å². The Bertz CT molecular complexity index is 277. The van der Waals surface area contributed by atoms with Crippen molar-refractivity contribution in [3.05, 3.63) is 35.4 Å². The number of rotatable bonds is 1. The van der Waals surface area contributed by atoms with Gasteiger partial charge < -0.3 is 0 Å². The van der Waals surface area contributed by atoms with E-state index in [4.69, 9.17) is 11.0 Å². The summed E-state index contributed by atoms with van der Waals surface area (Å²) in [5.41, 5.74) is 1.99. The minimum Gasteiger partial charge on any atom is -0.262 e. The first-order valence-corrected chi connectivity index (χ1v) is 3.33. The van der Waals surface area contributed by atoms with Crippen LogP contribution in [0.2, 0.25) is 0 Å². The van der Waals surface area contributed by atoms with Crippen molar-refractivity contribution in [1.82, 2.24) is 0 Å². The van der Waals surface area contributed by atoms with Gasteiger partial charge in [-0.1, -0.05) is 18.2 Å². The second-order valence-electron chi connectivity index (χ2n) is 2.37. The van der Waals surface area contributed by atoms with Crippen molar-refractivity contribution in [2.24, 2.45) is 5.84 Å². The van der Waals surface area contributed by atoms with Gasteiger partial charge in [-0.15, -0.1) is 0 Å². The summed E-state index contributed by atoms with van der Waals surface area (Å²) in [6.45, 7) is 1.95. The quantitative estimate of drug-likeness (QED) is 0.204. The molecule has 0 aromatic heterocycles. The third-order valence-electron chi connectivity index (χ3n) is 1.46. The summed E-state index contributed by atoms with van der Waals surface area (Å²) in [6, 6.07) is 7.66. The van der Waals surface area contributed by atoms with Gasteiger partial charge in [0.1, 0.15) is 0 Å². The highest BCUT2D eigenvalue weighted by atomic mass is 16.5. The lowest BCUT2D eigenvalue weighted by atomic mass is 10.1. The first kappa shape index (κ1) is 7.60. The molecule has 3 N–H and O–H groups in total. The standard InChI is InChI=1S/C8H11N2O/c1-7-4-2-3-5-8(7)6-10(9)11/h2-6,11H,9H2,1H3/q+1. The molecule has 0 fully saturated rings. The third kappa shape index (κ3) is 1.97. The first-order valence-electron chi connectivity index (χ1n) is 3.33. The minimum absolute atomic E-state index is 0.558. The molecule has 58 valence electrons. The summed E-state index contributed by atoms with van der Waals surface area (Å²) in [4.78, 5) is 0.558. The Morgan fingerprint density at radius 3 is 2.64 bits per heavy atom. The Balaban J connectivity index is 3.04. The maximum absolute atomic E-state index is 8.69. The molecule has 0 aliphatic heterocycles. The molecule has 1 aromatic rings. The monoisotopic (exact) mass is 151 g/mol. The Morgan fingerprint density at radius 1 is 1.45 bits per heavy atom. The number of aryl methyl sites for hydroxylation is 1. The molecule has 0 saturated heterocycles. The van der Waals surface area contributed by atoms with Gasteiger partial charge in [-0.3, -0.25) is 5.21 Å². The van der Waals surface area contributed by atoms with Crippen LogP contribution in [0.3, 0.4) is 0 Å². The highest BCUT2D eigenvalue weighted by Gasteiger charge is 1.98. The van der Waals surface area contributed by atoms with Crippen LogP contribution in [0.15, 0.2) is 24.3 Å². The minimum atomic E-state index is 0.558. The summed E-state index contributed by atoms with van der Waals surface area (Å²) in [6.07, 6.45) is 1.45. The van der Waals surface area contributed by atoms with Gasteiger partial charge in [0.25, 0.3) is 6.21 Å². The molecule has 0 bridgehead atoms. The van der Waals surface area contributed by atoms with Gasteiger partial charge in [-0.25, -0.2) is 0 Å². The molecule has 1 rings (SSSR count). The Hall–Kier alpha value is -1.51. The topological polar surface area (TPSA) is 49.3 Å². The van der Waals surface area contributed by atoms with Crippen LogP contribution in [0.25, 0.3) is 0 Å². The predicted molar refractivity (Wildman–Crippen MR) is 42.6 cm³/mol. The van der Waals surface area contributed by atoms with Gasteiger partial charge >= 0.3 is 0 Å². The van der Waals surface area contributed by atoms with E-state index in [1.54, 1.807) is 0 Å². The van der Waals surface area contributed by atoms with Gasteiger partial charge in [0, 0.05) is 5.56 Å². The zero-order valence-corrected chi connectivity index (χ0v) is 6.36. The zero-order chi connectivity index (χ0) is 8.27. The molecule has 3 heteroatoms. The van der Waals surface area contributed by atoms with Crippen molar-refractivity contribution in [3.8, 4) is 0 Å². The fraction of sp³-hybridized carbons (Fsp3) is 0.125. The molecule has 0 aliphatic rings. The van der Waals surface area contributed by atoms with E-state index in [0.29, 0.717) is 4.85 Å². The van der Waals surface area contributed by atoms with Crippen LogP contribution < -0.4 is 5.84 Å². The third-order valence-corrected chi connectivity index (χ3v) is 1.46. The Labute approximate surface area is 65.3 Å². The van der Waals surface area contributed by atoms with Gasteiger partial charge in [0.15, 0.2) is 0 Å². The molecule has 0 atom stereocenters. The molecule has 0 heterocycles. The van der Waals surface area contributed by atoms with Crippen molar-refractivity contribution < 1.29 is 10.1 Å². The molecular formula is C8H11N2O+. The van der Waals surface area contributed by atoms with E-state index in [9.17, 15) is 0 Å². The molecule has 0 unspecified atom stereocenters. The number of nitrogens with two attached hydrogens (primary N) is 1. The van der Waals surface area contributed by atoms with Crippen LogP contribution in [-0.2, 0) is 0 Å². The second-order valence-corrected chi connectivity index (χ2v) is 2.37. The van der Waals surface area contributed by atoms with Crippen LogP contribution in [0.4, 0.5) is 0 Å². The van der Waals surface area contributed by atoms with Crippen LogP contribution in [0.1, 0.15) is 11.1 Å². The number of hydrogen-bond acceptors (Lipinski definition) is 2. The van der Waals surface area contributed by atoms with Crippen molar-refractivity contribution in [2.75, 3.05) is 0 Å². The molecular weight excluding hydrogens is 140 g/mol. The Morgan fingerprint density at radius 2 is 2.09 bits per heavy atom. The fourth-order valence-electron chi connectivity index (χ4n) is 0.874. The summed E-state index contributed by atoms with van der Waals surface area (Å²) in [5, 5.41) is 8.69. The average molecular weight is 151 g/mol. The van der Waals surface area contributed by atoms with E-state index in [1.807, 2.05) is 31.2 Å². The van der Waals surface area contributed by atoms with Gasteiger partial charge in [0.2, 0.25) is 0 Å². The van der Waals surface area contributed by atoms with E-state index in [1.165, 1.54) is 6.21 Å². The van der Waals surface area contributed by atoms with Crippen LogP contribution in [0, 0.1) is 6.92 Å². The predicted octanol–water partition coefficient (Wildman–Crippen LogP) is 0.689. The van der Waals surface area contributed by atoms with E-state index < -0.39 is 0 Å². The number of nitrogens with zero attached hydrogens (tertiary/aromatic N) is 1. The van der Waals surface area contributed by atoms with Gasteiger partial charge in [-0.2, -0.15) is 5.84 Å². The van der Waals surface area contributed by atoms with E-state index >= 15 is 0 Å². The summed E-state index contributed by atoms with van der Waals surface area (Å²) < 4.78 is 0. The number of hydrogen-bond donors (Lipinski definition) is 2. The number of hydrazone groups is 1. The molecule has 0 amide bonds. The maximum atomic E-state index is 8.69. The largest absolute Gasteiger partial charge is 0.262 e. The summed E-state index contributed by atoms with van der Waals surface area (Å²) in [7, 11) is 0. The van der Waals surface area contributed by atoms with Crippen molar-refractivity contribution >= 4 is 6.21 Å². The summed E-state index contributed by atoms with van der Waals surface area (Å²) >= 11 is 0. The lowest BCUT2D eigenvalue weighted by molar-refractivity contribution is -0.781. The highest BCUT2D eigenvalue weighted by Crippen LogP contribution is 2.02. The van der Waals surface area contributed by atoms with Gasteiger partial charge in [-0.05, 0) is 18.6 Å². The number of benzene rings is 1. The van der Waals surface area contributed by atoms with Crippen molar-refractivity contribution in [3.63, 3.8) is 0 Å². The zero-order valence-electron chi connectivity index (χ0n) is 6.36. The van der Waals surface area contributed by atoms with Crippen LogP contribution >= 0.6 is 0 Å². The van der Waals surface area contributed by atoms with Crippen molar-refractivity contribution in [2.45, 2.75) is 6.92 Å². The smallest absolute Gasteiger partial charge is 0.258 e. The molecule has 11 heavy (non-hydrogen) atoms. The second kappa shape index (κ2) is 3.05. The van der Waals surface area contributed by atoms with Crippen molar-refractivity contribution in [1.29, 1.82) is 0 Å². The summed E-state index contributed by atoms with van der Waals surface area (Å²) in [5.74, 6) is 5.03. The van der Waals surface area contributed by atoms with Crippen LogP contribution in [0.5, 0.6) is 0 Å². The molecule has 0 aliphatic carbocycles. The molecule has 0 spiro atoms. The molecule has 1 aromatic carbocycles. The SMILES string of the molecule is Cc1ccccc1C=[N+](N)O. The molecule has 0 radical (unpaired) electrons. The normalized spacial score (nSPS) is 11.5. The fourth-order valence-corrected chi connectivity index (χ4v) is 0.874. The average Bonchev–Trinajstić information content (AvgIpc) is 1.93. The Kier molecular flexibility index (Phi) is 2.11. The number of hydrazine groups is 1. The lowest BCUT2D eigenvalue weighted by Gasteiger charge is -1.93. The van der Waals surface area contributed by atoms with E-state index in [0.717, 1.165) is 11.1 Å². The molecule has 0 saturated carbocycles. The van der Waals surface area contributed by atoms with Gasteiger partial charge in [0.05, 0.1) is 4.85 Å². The highest BCUT2D eigenvalue weighted by molar-refractivity contribution is 5.77. The maximum Gasteiger partial charge on any atom is 0.258 e. The van der Waals surface area contributed by atoms with E-state index in [2.05, 4.69) is 0 Å². The van der Waals surface area contributed by atoms with E-state index in [-0.39, 0.29) is 0 Å².